The van der Waals surface area contributed by atoms with Crippen LogP contribution in [0.3, 0.4) is 0 Å². The molecule has 1 N–H and O–H groups in total. The molecule has 12 heteroatoms. The largest absolute Gasteiger partial charge is 1.00 e. The summed E-state index contributed by atoms with van der Waals surface area (Å²) in [5.74, 6) is -5.15. The third-order valence-electron chi connectivity index (χ3n) is 9.25. The Labute approximate surface area is 237 Å². The first-order valence-electron chi connectivity index (χ1n) is 12.1. The fourth-order valence-electron chi connectivity index (χ4n) is 7.78. The molecule has 9 atom stereocenters. The second kappa shape index (κ2) is 10.2. The molecule has 0 bridgehead atoms. The van der Waals surface area contributed by atoms with E-state index in [4.69, 9.17) is 4.74 Å². The number of aliphatic hydroxyl groups is 1. The normalized spacial score (nSPS) is 42.6. The van der Waals surface area contributed by atoms with E-state index in [1.54, 1.807) is 6.92 Å². The fraction of sp³-hybridized carbons (Fsp3) is 0.720. The zero-order valence-electron chi connectivity index (χ0n) is 21.4. The molecular formula is C25H31F2NaO8S. The summed E-state index contributed by atoms with van der Waals surface area (Å²) in [5, 5.41) is 11.3. The molecule has 0 heterocycles. The van der Waals surface area contributed by atoms with Crippen LogP contribution < -0.4 is 29.6 Å². The Balaban J connectivity index is 0.00000380. The number of hydrogen-bond donors (Lipinski definition) is 1. The molecule has 8 nitrogen and oxygen atoms in total. The van der Waals surface area contributed by atoms with Gasteiger partial charge in [-0.3, -0.25) is 14.4 Å². The summed E-state index contributed by atoms with van der Waals surface area (Å²) in [6, 6.07) is 0. The van der Waals surface area contributed by atoms with Crippen LogP contribution in [0, 0.1) is 34.5 Å². The standard InChI is InChI=1S/C25H32F2O8S.Na/c1-13-8-15-16-10-18(26)17-9-14(28)4-6-24(17,3)25(16,27)20(30)11-23(15,2)22(13)19(29)12-35-21(31)5-7-36(32,33)34;/h4,6,9,13,15-16,18,20,22,30H,5,7-8,10-12H2,1-3H3,(H,32,33,34);/q;+1/p-1/t13-,15?,16?,18+,20+,22-,23+,24+,25+;/m1./s1. The average molecular weight is 553 g/mol. The number of rotatable bonds is 6. The van der Waals surface area contributed by atoms with E-state index >= 15 is 8.78 Å². The van der Waals surface area contributed by atoms with Gasteiger partial charge in [-0.05, 0) is 61.2 Å². The van der Waals surface area contributed by atoms with Gasteiger partial charge in [0.15, 0.2) is 17.2 Å². The van der Waals surface area contributed by atoms with Gasteiger partial charge in [0.1, 0.15) is 12.8 Å². The third-order valence-corrected chi connectivity index (χ3v) is 9.95. The summed E-state index contributed by atoms with van der Waals surface area (Å²) >= 11 is 0. The molecule has 4 aliphatic carbocycles. The van der Waals surface area contributed by atoms with E-state index in [1.165, 1.54) is 19.1 Å². The second-order valence-electron chi connectivity index (χ2n) is 11.3. The van der Waals surface area contributed by atoms with E-state index < -0.39 is 93.0 Å². The quantitative estimate of drug-likeness (QED) is 0.257. The molecule has 0 amide bonds. The maximum Gasteiger partial charge on any atom is 1.00 e. The molecule has 200 valence electrons. The van der Waals surface area contributed by atoms with Crippen molar-refractivity contribution < 1.29 is 75.5 Å². The van der Waals surface area contributed by atoms with Crippen molar-refractivity contribution in [2.24, 2.45) is 34.5 Å². The topological polar surface area (TPSA) is 138 Å². The molecule has 4 aliphatic rings. The van der Waals surface area contributed by atoms with Crippen LogP contribution in [0.25, 0.3) is 0 Å². The number of ether oxygens (including phenoxy) is 1. The first kappa shape index (κ1) is 30.6. The molecule has 37 heavy (non-hydrogen) atoms. The van der Waals surface area contributed by atoms with Crippen LogP contribution in [-0.2, 0) is 29.2 Å². The number of allylic oxidation sites excluding steroid dienone is 4. The maximum atomic E-state index is 17.1. The van der Waals surface area contributed by atoms with Gasteiger partial charge in [-0.15, -0.1) is 0 Å². The van der Waals surface area contributed by atoms with Crippen LogP contribution in [0.1, 0.15) is 46.5 Å². The predicted molar refractivity (Wildman–Crippen MR) is 122 cm³/mol. The minimum Gasteiger partial charge on any atom is -0.748 e. The van der Waals surface area contributed by atoms with E-state index in [2.05, 4.69) is 0 Å². The molecule has 0 aromatic rings. The average Bonchev–Trinajstić information content (AvgIpc) is 3.03. The number of hydrogen-bond acceptors (Lipinski definition) is 8. The van der Waals surface area contributed by atoms with E-state index in [0.717, 1.165) is 6.08 Å². The molecule has 3 saturated carbocycles. The Bertz CT molecular complexity index is 1160. The van der Waals surface area contributed by atoms with Crippen molar-refractivity contribution in [3.8, 4) is 0 Å². The Morgan fingerprint density at radius 3 is 2.51 bits per heavy atom. The van der Waals surface area contributed by atoms with Crippen molar-refractivity contribution in [2.75, 3.05) is 12.4 Å². The van der Waals surface area contributed by atoms with Gasteiger partial charge in [0.2, 0.25) is 0 Å². The van der Waals surface area contributed by atoms with Crippen LogP contribution in [0.4, 0.5) is 8.78 Å². The van der Waals surface area contributed by atoms with Crippen molar-refractivity contribution in [1.29, 1.82) is 0 Å². The number of Topliss-reactive ketones (excluding diaryl/α,β-unsaturated/α-hetero) is 1. The van der Waals surface area contributed by atoms with Crippen LogP contribution in [-0.4, -0.2) is 65.9 Å². The van der Waals surface area contributed by atoms with E-state index in [0.29, 0.717) is 6.42 Å². The summed E-state index contributed by atoms with van der Waals surface area (Å²) in [7, 11) is -4.61. The Morgan fingerprint density at radius 2 is 1.89 bits per heavy atom. The molecule has 0 radical (unpaired) electrons. The van der Waals surface area contributed by atoms with Gasteiger partial charge in [-0.25, -0.2) is 17.2 Å². The maximum absolute atomic E-state index is 17.1. The minimum atomic E-state index is -4.61. The van der Waals surface area contributed by atoms with Crippen LogP contribution in [0.15, 0.2) is 23.8 Å². The number of alkyl halides is 2. The SMILES string of the molecule is C[C@@H]1CC2C3C[C@H](F)C4=CC(=O)C=C[C@]4(C)[C@@]3(F)[C@@H](O)C[C@]2(C)[C@H]1C(=O)COC(=O)CCS(=O)(=O)[O-].[Na+]. The summed E-state index contributed by atoms with van der Waals surface area (Å²) in [6.07, 6.45) is 0.0179. The predicted octanol–water partition coefficient (Wildman–Crippen LogP) is -0.781. The second-order valence-corrected chi connectivity index (χ2v) is 12.8. The first-order chi connectivity index (χ1) is 16.5. The van der Waals surface area contributed by atoms with Crippen molar-refractivity contribution >= 4 is 27.7 Å². The molecule has 0 aromatic carbocycles. The summed E-state index contributed by atoms with van der Waals surface area (Å²) in [5.41, 5.74) is -4.61. The van der Waals surface area contributed by atoms with Crippen molar-refractivity contribution in [2.45, 2.75) is 64.4 Å². The van der Waals surface area contributed by atoms with E-state index in [-0.39, 0.29) is 53.9 Å². The van der Waals surface area contributed by atoms with Gasteiger partial charge in [-0.1, -0.05) is 19.9 Å². The monoisotopic (exact) mass is 552 g/mol. The van der Waals surface area contributed by atoms with Crippen LogP contribution in [0.2, 0.25) is 0 Å². The number of ketones is 2. The Hall–Kier alpha value is -0.980. The zero-order valence-corrected chi connectivity index (χ0v) is 24.2. The van der Waals surface area contributed by atoms with Crippen molar-refractivity contribution in [1.82, 2.24) is 0 Å². The molecule has 0 saturated heterocycles. The number of carbonyl (C=O) groups is 3. The zero-order chi connectivity index (χ0) is 26.8. The summed E-state index contributed by atoms with van der Waals surface area (Å²) < 4.78 is 69.5. The van der Waals surface area contributed by atoms with Gasteiger partial charge in [0.25, 0.3) is 0 Å². The van der Waals surface area contributed by atoms with Gasteiger partial charge < -0.3 is 14.4 Å². The first-order valence-corrected chi connectivity index (χ1v) is 13.7. The molecule has 2 unspecified atom stereocenters. The molecule has 4 rings (SSSR count). The number of fused-ring (bicyclic) bond motifs is 5. The molecule has 3 fully saturated rings. The van der Waals surface area contributed by atoms with Crippen LogP contribution in [0.5, 0.6) is 0 Å². The van der Waals surface area contributed by atoms with Crippen LogP contribution >= 0.6 is 0 Å². The molecule has 0 aromatic heterocycles. The van der Waals surface area contributed by atoms with Gasteiger partial charge >= 0.3 is 35.5 Å². The fourth-order valence-corrected chi connectivity index (χ4v) is 8.20. The number of aliphatic hydroxyl groups excluding tert-OH is 1. The van der Waals surface area contributed by atoms with Gasteiger partial charge in [-0.2, -0.15) is 0 Å². The number of carbonyl (C=O) groups excluding carboxylic acids is 3. The smallest absolute Gasteiger partial charge is 0.748 e. The minimum absolute atomic E-state index is 0. The van der Waals surface area contributed by atoms with E-state index in [1.807, 2.05) is 6.92 Å². The third kappa shape index (κ3) is 4.93. The Kier molecular flexibility index (Phi) is 8.43. The molecular weight excluding hydrogens is 521 g/mol. The van der Waals surface area contributed by atoms with Gasteiger partial charge in [0.05, 0.1) is 22.6 Å². The van der Waals surface area contributed by atoms with Crippen molar-refractivity contribution in [3.63, 3.8) is 0 Å². The van der Waals surface area contributed by atoms with E-state index in [9.17, 15) is 32.5 Å². The summed E-state index contributed by atoms with van der Waals surface area (Å²) in [6.45, 7) is 4.46. The number of halogens is 2. The molecule has 0 aliphatic heterocycles. The Morgan fingerprint density at radius 1 is 1.24 bits per heavy atom. The summed E-state index contributed by atoms with van der Waals surface area (Å²) in [4.78, 5) is 36.9. The number of esters is 1. The van der Waals surface area contributed by atoms with Gasteiger partial charge in [0, 0.05) is 23.0 Å². The van der Waals surface area contributed by atoms with Crippen molar-refractivity contribution in [3.05, 3.63) is 23.8 Å². The molecule has 0 spiro atoms.